The molecule has 0 N–H and O–H groups in total. The smallest absolute Gasteiger partial charge is 0.0992 e. The van der Waals surface area contributed by atoms with Crippen LogP contribution in [0.2, 0.25) is 0 Å². The molecule has 1 nitrogen and oxygen atoms in total. The van der Waals surface area contributed by atoms with Gasteiger partial charge in [0.15, 0.2) is 0 Å². The lowest BCUT2D eigenvalue weighted by atomic mass is 10.1. The minimum Gasteiger partial charge on any atom is -0.467 e. The molecule has 0 saturated heterocycles. The largest absolute Gasteiger partial charge is 0.467 e. The van der Waals surface area contributed by atoms with Gasteiger partial charge in [-0.05, 0) is 12.8 Å². The number of allylic oxidation sites excluding steroid dienone is 2. The van der Waals surface area contributed by atoms with Crippen molar-refractivity contribution in [2.75, 3.05) is 0 Å². The van der Waals surface area contributed by atoms with E-state index in [1.165, 1.54) is 0 Å². The van der Waals surface area contributed by atoms with Gasteiger partial charge in [0.05, 0.1) is 11.5 Å². The number of rotatable bonds is 6. The molecule has 0 aliphatic rings. The van der Waals surface area contributed by atoms with Crippen molar-refractivity contribution < 1.29 is 4.74 Å². The Balaban J connectivity index is 3.99. The lowest BCUT2D eigenvalue weighted by molar-refractivity contribution is 0.225. The van der Waals surface area contributed by atoms with Crippen molar-refractivity contribution in [1.29, 1.82) is 0 Å². The van der Waals surface area contributed by atoms with E-state index in [0.717, 1.165) is 24.4 Å². The van der Waals surface area contributed by atoms with Gasteiger partial charge in [0, 0.05) is 11.8 Å². The van der Waals surface area contributed by atoms with E-state index in [2.05, 4.69) is 40.9 Å². The molecular weight excluding hydrogens is 160 g/mol. The molecule has 0 aromatic carbocycles. The Morgan fingerprint density at radius 1 is 1.00 bits per heavy atom. The zero-order valence-corrected chi connectivity index (χ0v) is 9.39. The van der Waals surface area contributed by atoms with Crippen LogP contribution in [0.15, 0.2) is 24.7 Å². The van der Waals surface area contributed by atoms with Crippen LogP contribution in [-0.4, -0.2) is 0 Å². The first-order valence-electron chi connectivity index (χ1n) is 5.08. The maximum atomic E-state index is 5.57. The van der Waals surface area contributed by atoms with Gasteiger partial charge in [-0.3, -0.25) is 0 Å². The van der Waals surface area contributed by atoms with E-state index in [-0.39, 0.29) is 0 Å². The molecule has 13 heavy (non-hydrogen) atoms. The molecule has 0 unspecified atom stereocenters. The first-order chi connectivity index (χ1) is 6.02. The molecule has 0 aromatic rings. The summed E-state index contributed by atoms with van der Waals surface area (Å²) < 4.78 is 5.57. The molecule has 0 aromatic heterocycles. The summed E-state index contributed by atoms with van der Waals surface area (Å²) in [6.07, 6.45) is 2.12. The van der Waals surface area contributed by atoms with E-state index in [1.54, 1.807) is 0 Å². The van der Waals surface area contributed by atoms with Crippen LogP contribution in [0.3, 0.4) is 0 Å². The second-order valence-electron chi connectivity index (χ2n) is 3.65. The average molecular weight is 182 g/mol. The first kappa shape index (κ1) is 12.3. The average Bonchev–Trinajstić information content (AvgIpc) is 2.14. The summed E-state index contributed by atoms with van der Waals surface area (Å²) in [5.41, 5.74) is 0. The van der Waals surface area contributed by atoms with Gasteiger partial charge in [-0.1, -0.05) is 40.9 Å². The van der Waals surface area contributed by atoms with Crippen LogP contribution >= 0.6 is 0 Å². The minimum absolute atomic E-state index is 0.417. The number of ether oxygens (including phenoxy) is 1. The zero-order chi connectivity index (χ0) is 10.4. The molecule has 0 saturated carbocycles. The molecule has 0 rings (SSSR count). The summed E-state index contributed by atoms with van der Waals surface area (Å²) in [5, 5.41) is 0. The number of hydrogen-bond acceptors (Lipinski definition) is 1. The van der Waals surface area contributed by atoms with E-state index < -0.39 is 0 Å². The topological polar surface area (TPSA) is 9.23 Å². The Labute approximate surface area is 82.5 Å². The molecule has 76 valence electrons. The predicted molar refractivity (Wildman–Crippen MR) is 58.3 cm³/mol. The third-order valence-electron chi connectivity index (χ3n) is 2.59. The van der Waals surface area contributed by atoms with Crippen LogP contribution in [0.25, 0.3) is 0 Å². The first-order valence-corrected chi connectivity index (χ1v) is 5.08. The molecule has 0 bridgehead atoms. The van der Waals surface area contributed by atoms with Gasteiger partial charge in [0.1, 0.15) is 0 Å². The predicted octanol–water partition coefficient (Wildman–Crippen LogP) is 4.12. The summed E-state index contributed by atoms with van der Waals surface area (Å²) >= 11 is 0. The highest BCUT2D eigenvalue weighted by atomic mass is 16.5. The molecule has 1 heteroatoms. The highest BCUT2D eigenvalue weighted by Crippen LogP contribution is 2.21. The van der Waals surface area contributed by atoms with Crippen molar-refractivity contribution in [3.63, 3.8) is 0 Å². The Morgan fingerprint density at radius 3 is 1.54 bits per heavy atom. The van der Waals surface area contributed by atoms with E-state index in [1.807, 2.05) is 0 Å². The van der Waals surface area contributed by atoms with E-state index in [0.29, 0.717) is 11.8 Å². The SMILES string of the molecule is C=C(OC(=C)[C@@H](C)CC)[C@@H](C)CC. The molecule has 2 atom stereocenters. The van der Waals surface area contributed by atoms with Gasteiger partial charge in [0.25, 0.3) is 0 Å². The lowest BCUT2D eigenvalue weighted by Crippen LogP contribution is -2.05. The summed E-state index contributed by atoms with van der Waals surface area (Å²) in [6.45, 7) is 16.3. The van der Waals surface area contributed by atoms with Crippen molar-refractivity contribution in [2.45, 2.75) is 40.5 Å². The summed E-state index contributed by atoms with van der Waals surface area (Å²) in [5.74, 6) is 2.52. The van der Waals surface area contributed by atoms with Gasteiger partial charge < -0.3 is 4.74 Å². The molecule has 0 aliphatic heterocycles. The Bertz CT molecular complexity index is 162. The molecular formula is C12H22O. The highest BCUT2D eigenvalue weighted by Gasteiger charge is 2.10. The fourth-order valence-corrected chi connectivity index (χ4v) is 0.825. The van der Waals surface area contributed by atoms with Crippen LogP contribution < -0.4 is 0 Å². The van der Waals surface area contributed by atoms with Gasteiger partial charge in [0.2, 0.25) is 0 Å². The molecule has 0 spiro atoms. The van der Waals surface area contributed by atoms with E-state index in [4.69, 9.17) is 4.74 Å². The molecule has 0 amide bonds. The Morgan fingerprint density at radius 2 is 1.31 bits per heavy atom. The third-order valence-corrected chi connectivity index (χ3v) is 2.59. The van der Waals surface area contributed by atoms with Crippen molar-refractivity contribution >= 4 is 0 Å². The summed E-state index contributed by atoms with van der Waals surface area (Å²) in [7, 11) is 0. The van der Waals surface area contributed by atoms with Gasteiger partial charge >= 0.3 is 0 Å². The fourth-order valence-electron chi connectivity index (χ4n) is 0.825. The Hall–Kier alpha value is -0.720. The number of hydrogen-bond donors (Lipinski definition) is 0. The summed E-state index contributed by atoms with van der Waals surface area (Å²) in [4.78, 5) is 0. The van der Waals surface area contributed by atoms with Crippen LogP contribution in [0.5, 0.6) is 0 Å². The third kappa shape index (κ3) is 4.16. The maximum Gasteiger partial charge on any atom is 0.0992 e. The molecule has 0 fully saturated rings. The van der Waals surface area contributed by atoms with Crippen LogP contribution in [0.4, 0.5) is 0 Å². The summed E-state index contributed by atoms with van der Waals surface area (Å²) in [6, 6.07) is 0. The van der Waals surface area contributed by atoms with E-state index in [9.17, 15) is 0 Å². The minimum atomic E-state index is 0.417. The molecule has 0 heterocycles. The zero-order valence-electron chi connectivity index (χ0n) is 9.39. The lowest BCUT2D eigenvalue weighted by Gasteiger charge is -2.18. The molecule has 0 radical (unpaired) electrons. The second-order valence-corrected chi connectivity index (χ2v) is 3.65. The highest BCUT2D eigenvalue weighted by molar-refractivity contribution is 4.98. The van der Waals surface area contributed by atoms with Crippen molar-refractivity contribution in [3.8, 4) is 0 Å². The van der Waals surface area contributed by atoms with Gasteiger partial charge in [-0.25, -0.2) is 0 Å². The van der Waals surface area contributed by atoms with Crippen LogP contribution in [-0.2, 0) is 4.74 Å². The normalized spacial score (nSPS) is 14.8. The van der Waals surface area contributed by atoms with Crippen molar-refractivity contribution in [2.24, 2.45) is 11.8 Å². The van der Waals surface area contributed by atoms with Crippen LogP contribution in [0, 0.1) is 11.8 Å². The monoisotopic (exact) mass is 182 g/mol. The van der Waals surface area contributed by atoms with Gasteiger partial charge in [-0.2, -0.15) is 0 Å². The van der Waals surface area contributed by atoms with Crippen molar-refractivity contribution in [1.82, 2.24) is 0 Å². The maximum absolute atomic E-state index is 5.57. The second kappa shape index (κ2) is 5.85. The molecule has 0 aliphatic carbocycles. The fraction of sp³-hybridized carbons (Fsp3) is 0.667. The Kier molecular flexibility index (Phi) is 5.52. The van der Waals surface area contributed by atoms with E-state index >= 15 is 0 Å². The van der Waals surface area contributed by atoms with Crippen LogP contribution in [0.1, 0.15) is 40.5 Å². The standard InChI is InChI=1S/C12H22O/c1-7-9(3)11(5)13-12(6)10(4)8-2/h9-10H,5-8H2,1-4H3/t9-,10-/m0/s1. The van der Waals surface area contributed by atoms with Gasteiger partial charge in [-0.15, -0.1) is 0 Å². The quantitative estimate of drug-likeness (QED) is 0.561. The van der Waals surface area contributed by atoms with Crippen molar-refractivity contribution in [3.05, 3.63) is 24.7 Å².